The van der Waals surface area contributed by atoms with Crippen LogP contribution in [0.4, 0.5) is 5.69 Å². The lowest BCUT2D eigenvalue weighted by atomic mass is 9.70. The number of benzene rings is 1. The third-order valence-electron chi connectivity index (χ3n) is 4.60. The monoisotopic (exact) mass is 273 g/mol. The molecule has 4 heteroatoms. The maximum absolute atomic E-state index is 11.7. The van der Waals surface area contributed by atoms with Crippen LogP contribution in [0.15, 0.2) is 18.2 Å². The summed E-state index contributed by atoms with van der Waals surface area (Å²) in [6.07, 6.45) is 5.63. The van der Waals surface area contributed by atoms with E-state index in [0.29, 0.717) is 12.8 Å². The van der Waals surface area contributed by atoms with Gasteiger partial charge in [-0.3, -0.25) is 9.59 Å². The molecule has 1 fully saturated rings. The zero-order valence-electron chi connectivity index (χ0n) is 11.4. The maximum atomic E-state index is 11.7. The van der Waals surface area contributed by atoms with Gasteiger partial charge >= 0.3 is 5.97 Å². The summed E-state index contributed by atoms with van der Waals surface area (Å²) in [7, 11) is 0. The van der Waals surface area contributed by atoms with Gasteiger partial charge in [-0.2, -0.15) is 0 Å². The van der Waals surface area contributed by atoms with Crippen LogP contribution in [-0.4, -0.2) is 17.0 Å². The molecular formula is C16H19NO3. The van der Waals surface area contributed by atoms with Gasteiger partial charge in [-0.1, -0.05) is 31.4 Å². The first kappa shape index (κ1) is 13.2. The molecule has 0 saturated heterocycles. The number of hydrogen-bond donors (Lipinski definition) is 2. The summed E-state index contributed by atoms with van der Waals surface area (Å²) in [6.45, 7) is 0. The molecule has 0 aromatic heterocycles. The molecule has 1 aliphatic heterocycles. The molecule has 0 radical (unpaired) electrons. The van der Waals surface area contributed by atoms with Crippen LogP contribution in [0, 0.1) is 5.41 Å². The van der Waals surface area contributed by atoms with E-state index in [2.05, 4.69) is 5.32 Å². The Hall–Kier alpha value is -1.84. The Balaban J connectivity index is 1.84. The molecule has 1 aromatic carbocycles. The van der Waals surface area contributed by atoms with E-state index in [0.717, 1.165) is 48.9 Å². The van der Waals surface area contributed by atoms with Crippen LogP contribution in [0.2, 0.25) is 0 Å². The van der Waals surface area contributed by atoms with Gasteiger partial charge in [-0.05, 0) is 36.5 Å². The Labute approximate surface area is 118 Å². The van der Waals surface area contributed by atoms with Gasteiger partial charge in [0.2, 0.25) is 5.91 Å². The Morgan fingerprint density at radius 2 is 2.00 bits per heavy atom. The Morgan fingerprint density at radius 3 is 2.70 bits per heavy atom. The third kappa shape index (κ3) is 2.30. The van der Waals surface area contributed by atoms with E-state index in [1.54, 1.807) is 0 Å². The number of fused-ring (bicyclic) bond motifs is 1. The van der Waals surface area contributed by atoms with Crippen molar-refractivity contribution in [3.8, 4) is 0 Å². The topological polar surface area (TPSA) is 66.4 Å². The summed E-state index contributed by atoms with van der Waals surface area (Å²) in [5.41, 5.74) is 2.28. The van der Waals surface area contributed by atoms with Crippen LogP contribution in [0.5, 0.6) is 0 Å². The second kappa shape index (κ2) is 4.93. The van der Waals surface area contributed by atoms with E-state index in [-0.39, 0.29) is 5.91 Å². The summed E-state index contributed by atoms with van der Waals surface area (Å²) in [5, 5.41) is 12.4. The molecule has 0 spiro atoms. The van der Waals surface area contributed by atoms with Crippen LogP contribution in [0.25, 0.3) is 0 Å². The SMILES string of the molecule is O=C1Cc2cc(CC3(C(=O)O)CCCCC3)ccc2N1. The summed E-state index contributed by atoms with van der Waals surface area (Å²) in [5.74, 6) is -0.658. The van der Waals surface area contributed by atoms with Crippen molar-refractivity contribution >= 4 is 17.6 Å². The summed E-state index contributed by atoms with van der Waals surface area (Å²) < 4.78 is 0. The number of carbonyl (C=O) groups excluding carboxylic acids is 1. The first-order valence-corrected chi connectivity index (χ1v) is 7.24. The number of rotatable bonds is 3. The van der Waals surface area contributed by atoms with Crippen molar-refractivity contribution in [3.63, 3.8) is 0 Å². The molecule has 1 saturated carbocycles. The highest BCUT2D eigenvalue weighted by molar-refractivity contribution is 5.99. The molecule has 2 N–H and O–H groups in total. The van der Waals surface area contributed by atoms with Gasteiger partial charge in [0, 0.05) is 5.69 Å². The molecule has 3 rings (SSSR count). The van der Waals surface area contributed by atoms with E-state index in [9.17, 15) is 14.7 Å². The number of carboxylic acid groups (broad SMARTS) is 1. The van der Waals surface area contributed by atoms with Crippen molar-refractivity contribution in [2.24, 2.45) is 5.41 Å². The van der Waals surface area contributed by atoms with Gasteiger partial charge in [0.25, 0.3) is 0 Å². The number of amides is 1. The molecule has 4 nitrogen and oxygen atoms in total. The molecule has 1 amide bonds. The molecule has 0 atom stereocenters. The number of nitrogens with one attached hydrogen (secondary N) is 1. The van der Waals surface area contributed by atoms with Crippen LogP contribution in [0.3, 0.4) is 0 Å². The molecule has 0 unspecified atom stereocenters. The van der Waals surface area contributed by atoms with Gasteiger partial charge in [-0.25, -0.2) is 0 Å². The van der Waals surface area contributed by atoms with Gasteiger partial charge in [0.05, 0.1) is 11.8 Å². The average Bonchev–Trinajstić information content (AvgIpc) is 2.79. The Morgan fingerprint density at radius 1 is 1.25 bits per heavy atom. The Kier molecular flexibility index (Phi) is 3.24. The Bertz CT molecular complexity index is 559. The van der Waals surface area contributed by atoms with E-state index >= 15 is 0 Å². The van der Waals surface area contributed by atoms with E-state index in [1.165, 1.54) is 0 Å². The van der Waals surface area contributed by atoms with E-state index in [4.69, 9.17) is 0 Å². The van der Waals surface area contributed by atoms with Crippen molar-refractivity contribution in [2.75, 3.05) is 5.32 Å². The van der Waals surface area contributed by atoms with E-state index < -0.39 is 11.4 Å². The normalized spacial score (nSPS) is 20.3. The van der Waals surface area contributed by atoms with Gasteiger partial charge in [0.1, 0.15) is 0 Å². The van der Waals surface area contributed by atoms with Crippen LogP contribution in [0.1, 0.15) is 43.2 Å². The third-order valence-corrected chi connectivity index (χ3v) is 4.60. The molecule has 1 heterocycles. The predicted molar refractivity (Wildman–Crippen MR) is 75.6 cm³/mol. The number of carbonyl (C=O) groups is 2. The minimum absolute atomic E-state index is 0.0164. The number of anilines is 1. The molecular weight excluding hydrogens is 254 g/mol. The van der Waals surface area contributed by atoms with Gasteiger partial charge < -0.3 is 10.4 Å². The molecule has 106 valence electrons. The van der Waals surface area contributed by atoms with Crippen molar-refractivity contribution < 1.29 is 14.7 Å². The van der Waals surface area contributed by atoms with Crippen LogP contribution in [-0.2, 0) is 22.4 Å². The number of aliphatic carboxylic acids is 1. The largest absolute Gasteiger partial charge is 0.481 e. The highest BCUT2D eigenvalue weighted by atomic mass is 16.4. The van der Waals surface area contributed by atoms with Crippen LogP contribution >= 0.6 is 0 Å². The van der Waals surface area contributed by atoms with Crippen LogP contribution < -0.4 is 5.32 Å². The second-order valence-corrected chi connectivity index (χ2v) is 6.04. The summed E-state index contributed by atoms with van der Waals surface area (Å²) in [4.78, 5) is 23.1. The summed E-state index contributed by atoms with van der Waals surface area (Å²) >= 11 is 0. The summed E-state index contributed by atoms with van der Waals surface area (Å²) in [6, 6.07) is 5.84. The zero-order valence-corrected chi connectivity index (χ0v) is 11.4. The van der Waals surface area contributed by atoms with Crippen molar-refractivity contribution in [2.45, 2.75) is 44.9 Å². The first-order valence-electron chi connectivity index (χ1n) is 7.24. The van der Waals surface area contributed by atoms with E-state index in [1.807, 2.05) is 18.2 Å². The maximum Gasteiger partial charge on any atom is 0.309 e. The predicted octanol–water partition coefficient (Wildman–Crippen LogP) is 2.76. The lowest BCUT2D eigenvalue weighted by Crippen LogP contribution is -2.35. The highest BCUT2D eigenvalue weighted by Crippen LogP contribution is 2.40. The average molecular weight is 273 g/mol. The fourth-order valence-electron chi connectivity index (χ4n) is 3.48. The first-order chi connectivity index (χ1) is 9.59. The lowest BCUT2D eigenvalue weighted by Gasteiger charge is -2.33. The minimum atomic E-state index is -0.674. The van der Waals surface area contributed by atoms with Gasteiger partial charge in [0.15, 0.2) is 0 Å². The molecule has 20 heavy (non-hydrogen) atoms. The van der Waals surface area contributed by atoms with Crippen molar-refractivity contribution in [3.05, 3.63) is 29.3 Å². The lowest BCUT2D eigenvalue weighted by molar-refractivity contribution is -0.151. The molecule has 1 aliphatic carbocycles. The molecule has 0 bridgehead atoms. The molecule has 2 aliphatic rings. The number of carboxylic acids is 1. The van der Waals surface area contributed by atoms with Crippen molar-refractivity contribution in [1.82, 2.24) is 0 Å². The fourth-order valence-corrected chi connectivity index (χ4v) is 3.48. The molecule has 1 aromatic rings. The van der Waals surface area contributed by atoms with Gasteiger partial charge in [-0.15, -0.1) is 0 Å². The fraction of sp³-hybridized carbons (Fsp3) is 0.500. The second-order valence-electron chi connectivity index (χ2n) is 6.04. The minimum Gasteiger partial charge on any atom is -0.481 e. The standard InChI is InChI=1S/C16H19NO3/c18-14-9-12-8-11(4-5-13(12)17-14)10-16(15(19)20)6-2-1-3-7-16/h4-5,8H,1-3,6-7,9-10H2,(H,17,18)(H,19,20). The smallest absolute Gasteiger partial charge is 0.309 e. The zero-order chi connectivity index (χ0) is 14.2. The number of hydrogen-bond acceptors (Lipinski definition) is 2. The highest BCUT2D eigenvalue weighted by Gasteiger charge is 2.39. The quantitative estimate of drug-likeness (QED) is 0.890. The van der Waals surface area contributed by atoms with Crippen molar-refractivity contribution in [1.29, 1.82) is 0 Å².